The lowest BCUT2D eigenvalue weighted by Gasteiger charge is -2.24. The number of carbonyl (C=O) groups excluding carboxylic acids is 2. The highest BCUT2D eigenvalue weighted by Gasteiger charge is 2.30. The number of anilines is 1. The molecule has 0 spiro atoms. The van der Waals surface area contributed by atoms with Crippen LogP contribution in [0.25, 0.3) is 10.9 Å². The second-order valence-corrected chi connectivity index (χ2v) is 4.61. The van der Waals surface area contributed by atoms with Crippen molar-refractivity contribution in [3.8, 4) is 0 Å². The number of carbonyl (C=O) groups is 2. The minimum atomic E-state index is -2.89. The van der Waals surface area contributed by atoms with Gasteiger partial charge < -0.3 is 5.73 Å². The maximum absolute atomic E-state index is 13.1. The van der Waals surface area contributed by atoms with E-state index in [0.717, 1.165) is 0 Å². The van der Waals surface area contributed by atoms with E-state index in [1.165, 1.54) is 12.1 Å². The molecule has 2 aromatic rings. The van der Waals surface area contributed by atoms with Crippen LogP contribution in [0.15, 0.2) is 23.0 Å². The Morgan fingerprint density at radius 1 is 1.57 bits per heavy atom. The highest BCUT2D eigenvalue weighted by atomic mass is 16.2. The third kappa shape index (κ3) is 2.12. The molecule has 1 aromatic carbocycles. The summed E-state index contributed by atoms with van der Waals surface area (Å²) in [5.41, 5.74) is 4.38. The maximum Gasteiger partial charge on any atom is 0.264 e. The quantitative estimate of drug-likeness (QED) is 0.628. The Labute approximate surface area is 129 Å². The van der Waals surface area contributed by atoms with Gasteiger partial charge in [-0.2, -0.15) is 0 Å². The van der Waals surface area contributed by atoms with Gasteiger partial charge in [0.2, 0.25) is 0 Å². The average Bonchev–Trinajstić information content (AvgIpc) is 2.54. The number of nitrogens with zero attached hydrogens (tertiary/aromatic N) is 2. The van der Waals surface area contributed by atoms with Crippen LogP contribution in [0.4, 0.5) is 5.69 Å². The first-order valence-electron chi connectivity index (χ1n) is 9.29. The number of ketones is 2. The van der Waals surface area contributed by atoms with Crippen molar-refractivity contribution in [2.24, 2.45) is 0 Å². The summed E-state index contributed by atoms with van der Waals surface area (Å²) in [6.45, 7) is -1.95. The summed E-state index contributed by atoms with van der Waals surface area (Å²) in [6.07, 6.45) is -4.29. The van der Waals surface area contributed by atoms with Gasteiger partial charge in [-0.25, -0.2) is 4.98 Å². The molecular formula is C15H15N3O3. The maximum atomic E-state index is 13.1. The molecule has 108 valence electrons. The van der Waals surface area contributed by atoms with Gasteiger partial charge in [-0.1, -0.05) is 6.07 Å². The summed E-state index contributed by atoms with van der Waals surface area (Å²) in [4.78, 5) is 41.2. The lowest BCUT2D eigenvalue weighted by molar-refractivity contribution is -0.132. The fourth-order valence-electron chi connectivity index (χ4n) is 2.22. The zero-order valence-corrected chi connectivity index (χ0v) is 10.8. The second kappa shape index (κ2) is 4.80. The molecule has 0 aliphatic heterocycles. The molecule has 0 saturated heterocycles. The van der Waals surface area contributed by atoms with Crippen molar-refractivity contribution < 1.29 is 17.8 Å². The Balaban J connectivity index is 2.50. The highest BCUT2D eigenvalue weighted by molar-refractivity contribution is 6.03. The van der Waals surface area contributed by atoms with Crippen LogP contribution in [0.3, 0.4) is 0 Å². The molecule has 2 N–H and O–H groups in total. The van der Waals surface area contributed by atoms with E-state index >= 15 is 0 Å². The van der Waals surface area contributed by atoms with Gasteiger partial charge in [-0.15, -0.1) is 0 Å². The second-order valence-electron chi connectivity index (χ2n) is 4.61. The summed E-state index contributed by atoms with van der Waals surface area (Å²) >= 11 is 0. The molecule has 1 aliphatic carbocycles. The molecule has 1 aromatic heterocycles. The van der Waals surface area contributed by atoms with Crippen LogP contribution < -0.4 is 11.3 Å². The molecule has 6 nitrogen and oxygen atoms in total. The van der Waals surface area contributed by atoms with Gasteiger partial charge in [0.1, 0.15) is 11.6 Å². The van der Waals surface area contributed by atoms with Crippen LogP contribution in [0.2, 0.25) is 0 Å². The van der Waals surface area contributed by atoms with E-state index < -0.39 is 55.1 Å². The third-order valence-corrected chi connectivity index (χ3v) is 3.18. The number of aryl methyl sites for hydroxylation is 1. The Kier molecular flexibility index (Phi) is 1.84. The molecule has 3 rings (SSSR count). The van der Waals surface area contributed by atoms with Crippen molar-refractivity contribution in [1.29, 1.82) is 0 Å². The predicted octanol–water partition coefficient (Wildman–Crippen LogP) is 1.15. The minimum absolute atomic E-state index is 0.103. The average molecular weight is 291 g/mol. The van der Waals surface area contributed by atoms with E-state index in [9.17, 15) is 14.4 Å². The topological polar surface area (TPSA) is 95.0 Å². The number of aromatic nitrogens is 2. The Morgan fingerprint density at radius 2 is 2.38 bits per heavy atom. The summed E-state index contributed by atoms with van der Waals surface area (Å²) in [7, 11) is 0. The zero-order valence-electron chi connectivity index (χ0n) is 16.8. The van der Waals surface area contributed by atoms with Crippen LogP contribution in [0.5, 0.6) is 0 Å². The smallest absolute Gasteiger partial charge is 0.264 e. The molecule has 21 heavy (non-hydrogen) atoms. The van der Waals surface area contributed by atoms with Gasteiger partial charge in [-0.3, -0.25) is 19.0 Å². The molecule has 1 saturated carbocycles. The Morgan fingerprint density at radius 3 is 3.10 bits per heavy atom. The van der Waals surface area contributed by atoms with E-state index in [0.29, 0.717) is 4.57 Å². The normalized spacial score (nSPS) is 29.4. The number of fused-ring (bicyclic) bond motifs is 1. The number of Topliss-reactive ketones (excluding diaryl/α,β-unsaturated/α-hetero) is 2. The van der Waals surface area contributed by atoms with Crippen LogP contribution in [0.1, 0.15) is 39.3 Å². The summed E-state index contributed by atoms with van der Waals surface area (Å²) in [5.74, 6) is -2.56. The number of nitrogens with two attached hydrogens (primary N) is 1. The van der Waals surface area contributed by atoms with E-state index in [4.69, 9.17) is 14.0 Å². The van der Waals surface area contributed by atoms with Gasteiger partial charge in [0, 0.05) is 17.6 Å². The molecule has 1 atom stereocenters. The third-order valence-electron chi connectivity index (χ3n) is 3.18. The van der Waals surface area contributed by atoms with E-state index in [-0.39, 0.29) is 22.6 Å². The lowest BCUT2D eigenvalue weighted by Crippen LogP contribution is -2.36. The van der Waals surface area contributed by atoms with Gasteiger partial charge >= 0.3 is 0 Å². The first-order chi connectivity index (χ1) is 12.4. The van der Waals surface area contributed by atoms with Crippen LogP contribution in [-0.4, -0.2) is 21.1 Å². The number of nitrogen functional groups attached to an aromatic ring is 1. The fourth-order valence-corrected chi connectivity index (χ4v) is 2.22. The molecule has 1 heterocycles. The van der Waals surface area contributed by atoms with Crippen LogP contribution in [0, 0.1) is 6.88 Å². The molecule has 1 fully saturated rings. The Hall–Kier alpha value is -2.50. The van der Waals surface area contributed by atoms with Gasteiger partial charge in [-0.05, 0) is 25.4 Å². The van der Waals surface area contributed by atoms with Crippen molar-refractivity contribution in [1.82, 2.24) is 9.55 Å². The van der Waals surface area contributed by atoms with E-state index in [2.05, 4.69) is 4.98 Å². The van der Waals surface area contributed by atoms with Crippen molar-refractivity contribution in [2.75, 3.05) is 5.73 Å². The number of benzene rings is 1. The van der Waals surface area contributed by atoms with Crippen LogP contribution in [-0.2, 0) is 9.59 Å². The SMILES string of the molecule is [2H]c1ccc(N)c2c(=O)n(C3([2H])C(=O)CC(=O)CC3([2H])[2H])c(C([2H])[2H])nc12. The predicted molar refractivity (Wildman–Crippen MR) is 78.1 cm³/mol. The molecule has 0 radical (unpaired) electrons. The van der Waals surface area contributed by atoms with Gasteiger partial charge in [0.15, 0.2) is 5.78 Å². The fraction of sp³-hybridized carbons (Fsp3) is 0.333. The zero-order chi connectivity index (χ0) is 20.3. The first-order valence-corrected chi connectivity index (χ1v) is 6.13. The van der Waals surface area contributed by atoms with Crippen molar-refractivity contribution in [3.63, 3.8) is 0 Å². The largest absolute Gasteiger partial charge is 0.398 e. The monoisotopic (exact) mass is 291 g/mol. The van der Waals surface area contributed by atoms with Crippen LogP contribution >= 0.6 is 0 Å². The van der Waals surface area contributed by atoms with E-state index in [1.807, 2.05) is 0 Å². The molecule has 6 heteroatoms. The lowest BCUT2D eigenvalue weighted by atomic mass is 9.92. The number of hydrogen-bond donors (Lipinski definition) is 1. The highest BCUT2D eigenvalue weighted by Crippen LogP contribution is 2.24. The standard InChI is InChI=1S/C15H15N3O3/c1-8-17-11-4-2-3-10(16)14(11)15(21)18(8)12-6-5-9(19)7-13(12)20/h2-4,12H,5-7,16H2,1H3/i1D2,4D,6D2,12D. The molecule has 0 bridgehead atoms. The Bertz CT molecular complexity index is 1050. The first kappa shape index (κ1) is 8.07. The summed E-state index contributed by atoms with van der Waals surface area (Å²) in [5, 5.41) is -0.306. The van der Waals surface area contributed by atoms with Crippen molar-refractivity contribution in [2.45, 2.75) is 32.1 Å². The minimum Gasteiger partial charge on any atom is -0.398 e. The summed E-state index contributed by atoms with van der Waals surface area (Å²) in [6, 6.07) is -0.577. The van der Waals surface area contributed by atoms with Crippen molar-refractivity contribution in [3.05, 3.63) is 34.4 Å². The number of rotatable bonds is 1. The van der Waals surface area contributed by atoms with Crippen molar-refractivity contribution >= 4 is 28.2 Å². The number of hydrogen-bond acceptors (Lipinski definition) is 5. The molecule has 1 aliphatic rings. The summed E-state index contributed by atoms with van der Waals surface area (Å²) < 4.78 is 48.2. The van der Waals surface area contributed by atoms with E-state index in [1.54, 1.807) is 0 Å². The molecule has 1 unspecified atom stereocenters. The molecule has 0 amide bonds. The van der Waals surface area contributed by atoms with Gasteiger partial charge in [0.25, 0.3) is 5.56 Å². The molecular weight excluding hydrogens is 270 g/mol. The van der Waals surface area contributed by atoms with Gasteiger partial charge in [0.05, 0.1) is 26.1 Å².